The SMILES string of the molecule is O=C(Nc1cccc(N2CCCS2(=O)=O)c1)C(=O)Nc1ccc(F)c([N+](=O)[O-])c1. The molecule has 2 N–H and O–H groups in total. The molecule has 0 unspecified atom stereocenters. The van der Waals surface area contributed by atoms with Gasteiger partial charge in [0, 0.05) is 24.0 Å². The molecule has 0 atom stereocenters. The number of anilines is 3. The van der Waals surface area contributed by atoms with Gasteiger partial charge in [-0.15, -0.1) is 0 Å². The minimum atomic E-state index is -3.40. The van der Waals surface area contributed by atoms with Crippen LogP contribution in [0.2, 0.25) is 0 Å². The molecule has 12 heteroatoms. The van der Waals surface area contributed by atoms with Crippen molar-refractivity contribution in [2.45, 2.75) is 6.42 Å². The van der Waals surface area contributed by atoms with E-state index in [1.807, 2.05) is 0 Å². The molecule has 0 aliphatic carbocycles. The van der Waals surface area contributed by atoms with E-state index in [2.05, 4.69) is 10.6 Å². The molecule has 1 heterocycles. The number of hydrogen-bond donors (Lipinski definition) is 2. The summed E-state index contributed by atoms with van der Waals surface area (Å²) < 4.78 is 38.6. The standard InChI is InChI=1S/C17H15FN4O6S/c18-14-6-5-12(10-15(14)22(25)26)20-17(24)16(23)19-11-3-1-4-13(9-11)21-7-2-8-29(21,27)28/h1,3-6,9-10H,2,7-8H2,(H,19,23)(H,20,24). The maximum Gasteiger partial charge on any atom is 0.314 e. The number of hydrogen-bond acceptors (Lipinski definition) is 6. The summed E-state index contributed by atoms with van der Waals surface area (Å²) in [5, 5.41) is 15.2. The summed E-state index contributed by atoms with van der Waals surface area (Å²) in [7, 11) is -3.40. The van der Waals surface area contributed by atoms with Crippen LogP contribution in [0.4, 0.5) is 27.1 Å². The molecular formula is C17H15FN4O6S. The number of nitrogens with one attached hydrogen (secondary N) is 2. The lowest BCUT2D eigenvalue weighted by molar-refractivity contribution is -0.387. The van der Waals surface area contributed by atoms with Crippen LogP contribution in [0.25, 0.3) is 0 Å². The maximum atomic E-state index is 13.3. The Hall–Kier alpha value is -3.54. The van der Waals surface area contributed by atoms with E-state index in [1.165, 1.54) is 22.5 Å². The molecule has 2 aromatic rings. The van der Waals surface area contributed by atoms with E-state index in [9.17, 15) is 32.5 Å². The third-order valence-corrected chi connectivity index (χ3v) is 5.97. The van der Waals surface area contributed by atoms with Gasteiger partial charge in [0.25, 0.3) is 0 Å². The monoisotopic (exact) mass is 422 g/mol. The Labute approximate surface area is 164 Å². The zero-order valence-corrected chi connectivity index (χ0v) is 15.6. The van der Waals surface area contributed by atoms with Crippen molar-refractivity contribution in [3.8, 4) is 0 Å². The molecule has 1 aliphatic rings. The Kier molecular flexibility index (Phi) is 5.46. The van der Waals surface area contributed by atoms with E-state index in [0.717, 1.165) is 18.2 Å². The quantitative estimate of drug-likeness (QED) is 0.438. The summed E-state index contributed by atoms with van der Waals surface area (Å²) in [6.45, 7) is 0.323. The number of sulfonamides is 1. The zero-order chi connectivity index (χ0) is 21.2. The largest absolute Gasteiger partial charge is 0.318 e. The first-order chi connectivity index (χ1) is 13.7. The van der Waals surface area contributed by atoms with Gasteiger partial charge in [-0.1, -0.05) is 6.07 Å². The molecule has 1 aliphatic heterocycles. The first kappa shape index (κ1) is 20.2. The first-order valence-electron chi connectivity index (χ1n) is 8.34. The predicted octanol–water partition coefficient (Wildman–Crippen LogP) is 1.85. The van der Waals surface area contributed by atoms with Crippen LogP contribution >= 0.6 is 0 Å². The van der Waals surface area contributed by atoms with Crippen molar-refractivity contribution in [2.24, 2.45) is 0 Å². The van der Waals surface area contributed by atoms with E-state index in [-0.39, 0.29) is 17.1 Å². The summed E-state index contributed by atoms with van der Waals surface area (Å²) in [5.41, 5.74) is -0.428. The number of carbonyl (C=O) groups is 2. The number of halogens is 1. The average Bonchev–Trinajstić information content (AvgIpc) is 3.02. The topological polar surface area (TPSA) is 139 Å². The normalized spacial score (nSPS) is 15.0. The fourth-order valence-corrected chi connectivity index (χ4v) is 4.33. The van der Waals surface area contributed by atoms with Crippen LogP contribution in [0.3, 0.4) is 0 Å². The third-order valence-electron chi connectivity index (χ3n) is 4.10. The predicted molar refractivity (Wildman–Crippen MR) is 103 cm³/mol. The van der Waals surface area contributed by atoms with Crippen molar-refractivity contribution < 1.29 is 27.3 Å². The molecule has 0 aromatic heterocycles. The number of amides is 2. The molecule has 0 radical (unpaired) electrons. The highest BCUT2D eigenvalue weighted by atomic mass is 32.2. The van der Waals surface area contributed by atoms with Crippen molar-refractivity contribution in [3.63, 3.8) is 0 Å². The van der Waals surface area contributed by atoms with Crippen LogP contribution in [0.5, 0.6) is 0 Å². The molecule has 1 fully saturated rings. The lowest BCUT2D eigenvalue weighted by Crippen LogP contribution is -2.29. The van der Waals surface area contributed by atoms with E-state index >= 15 is 0 Å². The van der Waals surface area contributed by atoms with Crippen LogP contribution < -0.4 is 14.9 Å². The molecule has 0 bridgehead atoms. The van der Waals surface area contributed by atoms with Crippen LogP contribution in [-0.4, -0.2) is 37.5 Å². The number of benzene rings is 2. The number of rotatable bonds is 4. The van der Waals surface area contributed by atoms with Crippen LogP contribution in [0, 0.1) is 15.9 Å². The number of carbonyl (C=O) groups excluding carboxylic acids is 2. The van der Waals surface area contributed by atoms with Crippen LogP contribution in [-0.2, 0) is 19.6 Å². The molecule has 2 amide bonds. The highest BCUT2D eigenvalue weighted by Crippen LogP contribution is 2.26. The second-order valence-electron chi connectivity index (χ2n) is 6.12. The van der Waals surface area contributed by atoms with E-state index < -0.39 is 38.3 Å². The molecule has 0 spiro atoms. The van der Waals surface area contributed by atoms with Gasteiger partial charge in [-0.3, -0.25) is 24.0 Å². The molecule has 152 valence electrons. The van der Waals surface area contributed by atoms with E-state index in [0.29, 0.717) is 18.7 Å². The van der Waals surface area contributed by atoms with Gasteiger partial charge < -0.3 is 10.6 Å². The zero-order valence-electron chi connectivity index (χ0n) is 14.8. The highest BCUT2D eigenvalue weighted by molar-refractivity contribution is 7.93. The van der Waals surface area contributed by atoms with E-state index in [1.54, 1.807) is 6.07 Å². The van der Waals surface area contributed by atoms with Gasteiger partial charge in [0.05, 0.1) is 16.4 Å². The van der Waals surface area contributed by atoms with E-state index in [4.69, 9.17) is 0 Å². The van der Waals surface area contributed by atoms with Crippen LogP contribution in [0.1, 0.15) is 6.42 Å². The minimum absolute atomic E-state index is 0.0375. The summed E-state index contributed by atoms with van der Waals surface area (Å²) in [4.78, 5) is 33.9. The Bertz CT molecular complexity index is 1100. The molecule has 2 aromatic carbocycles. The summed E-state index contributed by atoms with van der Waals surface area (Å²) in [5.74, 6) is -3.26. The first-order valence-corrected chi connectivity index (χ1v) is 9.95. The number of nitro groups is 1. The van der Waals surface area contributed by atoms with Gasteiger partial charge in [-0.25, -0.2) is 8.42 Å². The fourth-order valence-electron chi connectivity index (χ4n) is 2.77. The van der Waals surface area contributed by atoms with Crippen molar-refractivity contribution >= 4 is 44.6 Å². The van der Waals surface area contributed by atoms with Crippen molar-refractivity contribution in [1.82, 2.24) is 0 Å². The Balaban J connectivity index is 1.71. The Morgan fingerprint density at radius 3 is 2.31 bits per heavy atom. The number of nitro benzene ring substituents is 1. The Morgan fingerprint density at radius 2 is 1.72 bits per heavy atom. The molecule has 29 heavy (non-hydrogen) atoms. The van der Waals surface area contributed by atoms with Crippen LogP contribution in [0.15, 0.2) is 42.5 Å². The van der Waals surface area contributed by atoms with Crippen molar-refractivity contribution in [1.29, 1.82) is 0 Å². The van der Waals surface area contributed by atoms with Gasteiger partial charge >= 0.3 is 17.5 Å². The molecule has 0 saturated carbocycles. The fraction of sp³-hybridized carbons (Fsp3) is 0.176. The smallest absolute Gasteiger partial charge is 0.314 e. The second-order valence-corrected chi connectivity index (χ2v) is 8.14. The molecular weight excluding hydrogens is 407 g/mol. The van der Waals surface area contributed by atoms with Gasteiger partial charge in [0.2, 0.25) is 15.8 Å². The third kappa shape index (κ3) is 4.48. The summed E-state index contributed by atoms with van der Waals surface area (Å²) in [6.07, 6.45) is 0.491. The summed E-state index contributed by atoms with van der Waals surface area (Å²) in [6, 6.07) is 8.64. The minimum Gasteiger partial charge on any atom is -0.318 e. The molecule has 3 rings (SSSR count). The van der Waals surface area contributed by atoms with Crippen molar-refractivity contribution in [3.05, 3.63) is 58.4 Å². The van der Waals surface area contributed by atoms with Gasteiger partial charge in [0.1, 0.15) is 0 Å². The molecule has 1 saturated heterocycles. The van der Waals surface area contributed by atoms with Crippen molar-refractivity contribution in [2.75, 3.05) is 27.2 Å². The molecule has 10 nitrogen and oxygen atoms in total. The maximum absolute atomic E-state index is 13.3. The average molecular weight is 422 g/mol. The Morgan fingerprint density at radius 1 is 1.07 bits per heavy atom. The lowest BCUT2D eigenvalue weighted by Gasteiger charge is -2.17. The van der Waals surface area contributed by atoms with Gasteiger partial charge in [-0.2, -0.15) is 4.39 Å². The van der Waals surface area contributed by atoms with Gasteiger partial charge in [0.15, 0.2) is 0 Å². The summed E-state index contributed by atoms with van der Waals surface area (Å²) >= 11 is 0. The second kappa shape index (κ2) is 7.83. The van der Waals surface area contributed by atoms with Gasteiger partial charge in [-0.05, 0) is 36.8 Å². The lowest BCUT2D eigenvalue weighted by atomic mass is 10.2. The number of nitrogens with zero attached hydrogens (tertiary/aromatic N) is 2. The highest BCUT2D eigenvalue weighted by Gasteiger charge is 2.28.